The van der Waals surface area contributed by atoms with Crippen LogP contribution in [0.4, 0.5) is 22.0 Å². The standard InChI is InChI=1S/C17H18BrF5O4/c1-8-11(9-4-5-10(19)12(20)13(9)26-7-6-18)14(15(24)25-3)27-16(8,2)17(21,22)23/h4-5,8,11,14H,6-7H2,1-3H3. The van der Waals surface area contributed by atoms with Gasteiger partial charge in [-0.25, -0.2) is 9.18 Å². The van der Waals surface area contributed by atoms with Crippen LogP contribution >= 0.6 is 15.9 Å². The summed E-state index contributed by atoms with van der Waals surface area (Å²) in [6.45, 7) is 1.98. The first-order valence-electron chi connectivity index (χ1n) is 7.98. The molecule has 4 atom stereocenters. The Kier molecular flexibility index (Phi) is 6.40. The Labute approximate surface area is 161 Å². The van der Waals surface area contributed by atoms with Crippen molar-refractivity contribution < 1.29 is 41.0 Å². The summed E-state index contributed by atoms with van der Waals surface area (Å²) < 4.78 is 83.7. The molecule has 0 radical (unpaired) electrons. The predicted molar refractivity (Wildman–Crippen MR) is 88.9 cm³/mol. The van der Waals surface area contributed by atoms with Crippen molar-refractivity contribution in [2.75, 3.05) is 19.0 Å². The number of hydrogen-bond donors (Lipinski definition) is 0. The van der Waals surface area contributed by atoms with Crippen LogP contribution in [0.2, 0.25) is 0 Å². The van der Waals surface area contributed by atoms with Crippen LogP contribution < -0.4 is 4.74 Å². The second-order valence-corrected chi connectivity index (χ2v) is 7.09. The second-order valence-electron chi connectivity index (χ2n) is 6.30. The van der Waals surface area contributed by atoms with E-state index in [-0.39, 0.29) is 17.5 Å². The molecule has 4 unspecified atom stereocenters. The van der Waals surface area contributed by atoms with Crippen molar-refractivity contribution in [1.29, 1.82) is 0 Å². The highest BCUT2D eigenvalue weighted by molar-refractivity contribution is 9.09. The molecule has 0 spiro atoms. The SMILES string of the molecule is COC(=O)C1OC(C)(C(F)(F)F)C(C)C1c1ccc(F)c(F)c1OCCBr. The first-order chi connectivity index (χ1) is 12.5. The van der Waals surface area contributed by atoms with Gasteiger partial charge in [-0.2, -0.15) is 17.6 Å². The fraction of sp³-hybridized carbons (Fsp3) is 0.588. The third-order valence-electron chi connectivity index (χ3n) is 4.87. The van der Waals surface area contributed by atoms with E-state index in [1.54, 1.807) is 0 Å². The van der Waals surface area contributed by atoms with Crippen LogP contribution in [0.5, 0.6) is 5.75 Å². The lowest BCUT2D eigenvalue weighted by Crippen LogP contribution is -2.47. The van der Waals surface area contributed by atoms with Gasteiger partial charge >= 0.3 is 12.1 Å². The quantitative estimate of drug-likeness (QED) is 0.372. The van der Waals surface area contributed by atoms with E-state index in [2.05, 4.69) is 20.7 Å². The minimum Gasteiger partial charge on any atom is -0.489 e. The van der Waals surface area contributed by atoms with Gasteiger partial charge in [0.25, 0.3) is 0 Å². The van der Waals surface area contributed by atoms with Gasteiger partial charge in [0.2, 0.25) is 5.82 Å². The molecular weight excluding hydrogens is 443 g/mol. The highest BCUT2D eigenvalue weighted by Gasteiger charge is 2.66. The smallest absolute Gasteiger partial charge is 0.417 e. The van der Waals surface area contributed by atoms with Crippen LogP contribution in [0.15, 0.2) is 12.1 Å². The number of carbonyl (C=O) groups is 1. The molecule has 1 aliphatic heterocycles. The summed E-state index contributed by atoms with van der Waals surface area (Å²) in [5, 5.41) is 0.278. The Balaban J connectivity index is 2.63. The van der Waals surface area contributed by atoms with Crippen molar-refractivity contribution in [3.63, 3.8) is 0 Å². The van der Waals surface area contributed by atoms with Crippen molar-refractivity contribution in [1.82, 2.24) is 0 Å². The van der Waals surface area contributed by atoms with E-state index >= 15 is 0 Å². The molecule has 2 rings (SSSR count). The fourth-order valence-corrected chi connectivity index (χ4v) is 3.38. The van der Waals surface area contributed by atoms with Gasteiger partial charge in [-0.3, -0.25) is 0 Å². The number of ether oxygens (including phenoxy) is 3. The molecule has 27 heavy (non-hydrogen) atoms. The van der Waals surface area contributed by atoms with Crippen molar-refractivity contribution in [3.8, 4) is 5.75 Å². The van der Waals surface area contributed by atoms with Gasteiger partial charge in [-0.15, -0.1) is 0 Å². The molecule has 1 aromatic rings. The lowest BCUT2D eigenvalue weighted by atomic mass is 9.77. The highest BCUT2D eigenvalue weighted by atomic mass is 79.9. The molecule has 10 heteroatoms. The first kappa shape index (κ1) is 21.9. The molecule has 0 saturated carbocycles. The number of hydrogen-bond acceptors (Lipinski definition) is 4. The van der Waals surface area contributed by atoms with E-state index in [9.17, 15) is 26.7 Å². The summed E-state index contributed by atoms with van der Waals surface area (Å²) in [7, 11) is 1.00. The summed E-state index contributed by atoms with van der Waals surface area (Å²) in [6, 6.07) is 1.88. The third-order valence-corrected chi connectivity index (χ3v) is 5.19. The summed E-state index contributed by atoms with van der Waals surface area (Å²) in [6.07, 6.45) is -6.46. The Bertz CT molecular complexity index is 711. The van der Waals surface area contributed by atoms with Crippen molar-refractivity contribution >= 4 is 21.9 Å². The molecular formula is C17H18BrF5O4. The van der Waals surface area contributed by atoms with Gasteiger partial charge in [0.05, 0.1) is 13.7 Å². The van der Waals surface area contributed by atoms with Gasteiger partial charge in [0.15, 0.2) is 23.3 Å². The third kappa shape index (κ3) is 3.78. The van der Waals surface area contributed by atoms with Gasteiger partial charge in [-0.1, -0.05) is 28.9 Å². The van der Waals surface area contributed by atoms with E-state index in [1.165, 1.54) is 6.92 Å². The lowest BCUT2D eigenvalue weighted by Gasteiger charge is -2.32. The Morgan fingerprint density at radius 1 is 1.33 bits per heavy atom. The summed E-state index contributed by atoms with van der Waals surface area (Å²) in [5.41, 5.74) is -2.78. The number of rotatable bonds is 5. The first-order valence-corrected chi connectivity index (χ1v) is 9.10. The molecule has 0 N–H and O–H groups in total. The number of alkyl halides is 4. The zero-order valence-corrected chi connectivity index (χ0v) is 16.3. The zero-order valence-electron chi connectivity index (χ0n) is 14.7. The van der Waals surface area contributed by atoms with E-state index in [1.807, 2.05) is 0 Å². The molecule has 1 aromatic carbocycles. The lowest BCUT2D eigenvalue weighted by molar-refractivity contribution is -0.274. The summed E-state index contributed by atoms with van der Waals surface area (Å²) in [5.74, 6) is -6.72. The Hall–Kier alpha value is -1.42. The zero-order chi connectivity index (χ0) is 20.6. The predicted octanol–water partition coefficient (Wildman–Crippen LogP) is 4.35. The number of halogens is 6. The van der Waals surface area contributed by atoms with E-state index in [0.29, 0.717) is 0 Å². The molecule has 1 aliphatic rings. The van der Waals surface area contributed by atoms with Crippen LogP contribution in [-0.2, 0) is 14.3 Å². The average Bonchev–Trinajstić information content (AvgIpc) is 2.88. The topological polar surface area (TPSA) is 44.8 Å². The van der Waals surface area contributed by atoms with E-state index < -0.39 is 53.1 Å². The van der Waals surface area contributed by atoms with Crippen LogP contribution in [0.25, 0.3) is 0 Å². The Morgan fingerprint density at radius 2 is 1.96 bits per heavy atom. The van der Waals surface area contributed by atoms with Gasteiger partial charge in [-0.05, 0) is 13.0 Å². The van der Waals surface area contributed by atoms with Crippen molar-refractivity contribution in [2.45, 2.75) is 37.6 Å². The maximum atomic E-state index is 14.3. The minimum absolute atomic E-state index is 0.0608. The molecule has 0 aromatic heterocycles. The van der Waals surface area contributed by atoms with Crippen LogP contribution in [0, 0.1) is 17.6 Å². The molecule has 1 fully saturated rings. The van der Waals surface area contributed by atoms with Gasteiger partial charge < -0.3 is 14.2 Å². The highest BCUT2D eigenvalue weighted by Crippen LogP contribution is 2.55. The molecule has 1 heterocycles. The monoisotopic (exact) mass is 460 g/mol. The number of benzene rings is 1. The van der Waals surface area contributed by atoms with E-state index in [0.717, 1.165) is 26.2 Å². The van der Waals surface area contributed by atoms with Gasteiger partial charge in [0, 0.05) is 22.7 Å². The van der Waals surface area contributed by atoms with Gasteiger partial charge in [0.1, 0.15) is 0 Å². The van der Waals surface area contributed by atoms with Crippen LogP contribution in [-0.4, -0.2) is 42.9 Å². The van der Waals surface area contributed by atoms with Crippen molar-refractivity contribution in [2.24, 2.45) is 5.92 Å². The van der Waals surface area contributed by atoms with Crippen molar-refractivity contribution in [3.05, 3.63) is 29.3 Å². The minimum atomic E-state index is -4.80. The fourth-order valence-electron chi connectivity index (χ4n) is 3.21. The second kappa shape index (κ2) is 7.90. The summed E-state index contributed by atoms with van der Waals surface area (Å²) in [4.78, 5) is 12.1. The molecule has 0 aliphatic carbocycles. The van der Waals surface area contributed by atoms with Crippen LogP contribution in [0.3, 0.4) is 0 Å². The molecule has 0 bridgehead atoms. The normalized spacial score (nSPS) is 28.3. The molecule has 4 nitrogen and oxygen atoms in total. The number of carbonyl (C=O) groups excluding carboxylic acids is 1. The maximum Gasteiger partial charge on any atom is 0.417 e. The molecule has 152 valence electrons. The summed E-state index contributed by atoms with van der Waals surface area (Å²) >= 11 is 3.07. The average molecular weight is 461 g/mol. The Morgan fingerprint density at radius 3 is 2.48 bits per heavy atom. The molecule has 1 saturated heterocycles. The van der Waals surface area contributed by atoms with Crippen LogP contribution in [0.1, 0.15) is 25.3 Å². The number of esters is 1. The van der Waals surface area contributed by atoms with E-state index in [4.69, 9.17) is 9.47 Å². The maximum absolute atomic E-state index is 14.3. The molecule has 0 amide bonds. The largest absolute Gasteiger partial charge is 0.489 e. The number of methoxy groups -OCH3 is 1.